The molecule has 1 saturated heterocycles. The number of aromatic nitrogens is 4. The van der Waals surface area contributed by atoms with Gasteiger partial charge in [-0.05, 0) is 37.5 Å². The first-order valence-electron chi connectivity index (χ1n) is 9.56. The van der Waals surface area contributed by atoms with Crippen molar-refractivity contribution >= 4 is 34.3 Å². The Morgan fingerprint density at radius 1 is 1.17 bits per heavy atom. The molecule has 4 rings (SSSR count). The number of nitrogens with zero attached hydrogens (tertiary/aromatic N) is 5. The average molecular weight is 407 g/mol. The quantitative estimate of drug-likeness (QED) is 0.649. The van der Waals surface area contributed by atoms with E-state index in [1.54, 1.807) is 42.2 Å². The molecule has 0 aromatic carbocycles. The van der Waals surface area contributed by atoms with Crippen LogP contribution >= 0.6 is 11.3 Å². The molecule has 1 N–H and O–H groups in total. The zero-order valence-corrected chi connectivity index (χ0v) is 17.0. The lowest BCUT2D eigenvalue weighted by atomic mass is 9.93. The van der Waals surface area contributed by atoms with E-state index >= 15 is 0 Å². The van der Waals surface area contributed by atoms with Gasteiger partial charge in [0.25, 0.3) is 0 Å². The molecule has 1 aliphatic rings. The molecule has 0 saturated carbocycles. The molecule has 1 fully saturated rings. The first kappa shape index (κ1) is 19.2. The van der Waals surface area contributed by atoms with Crippen molar-refractivity contribution in [1.29, 1.82) is 0 Å². The number of piperidine rings is 1. The topological polar surface area (TPSA) is 83.9 Å². The Hall–Kier alpha value is -3.13. The third-order valence-electron chi connectivity index (χ3n) is 4.87. The zero-order chi connectivity index (χ0) is 20.1. The van der Waals surface area contributed by atoms with Crippen LogP contribution in [0.15, 0.2) is 49.2 Å². The van der Waals surface area contributed by atoms with Crippen LogP contribution in [0.4, 0.5) is 10.9 Å². The van der Waals surface area contributed by atoms with Gasteiger partial charge in [0.1, 0.15) is 0 Å². The van der Waals surface area contributed by atoms with Gasteiger partial charge in [0, 0.05) is 60.9 Å². The Labute approximate surface area is 173 Å². The highest BCUT2D eigenvalue weighted by Crippen LogP contribution is 2.32. The largest absolute Gasteiger partial charge is 0.339 e. The molecule has 0 aliphatic carbocycles. The summed E-state index contributed by atoms with van der Waals surface area (Å²) in [7, 11) is 0. The van der Waals surface area contributed by atoms with Crippen molar-refractivity contribution in [3.63, 3.8) is 0 Å². The van der Waals surface area contributed by atoms with Crippen molar-refractivity contribution in [2.24, 2.45) is 0 Å². The lowest BCUT2D eigenvalue weighted by molar-refractivity contribution is -0.126. The van der Waals surface area contributed by atoms with E-state index in [0.29, 0.717) is 13.1 Å². The lowest BCUT2D eigenvalue weighted by Gasteiger charge is -2.31. The maximum atomic E-state index is 12.5. The highest BCUT2D eigenvalue weighted by Gasteiger charge is 2.26. The third-order valence-corrected chi connectivity index (χ3v) is 5.70. The molecule has 8 heteroatoms. The number of likely N-dealkylation sites (tertiary alicyclic amines) is 1. The fourth-order valence-electron chi connectivity index (χ4n) is 3.38. The summed E-state index contributed by atoms with van der Waals surface area (Å²) < 4.78 is 0. The number of aryl methyl sites for hydroxylation is 1. The minimum atomic E-state index is 0.0306. The number of hydrogen-bond donors (Lipinski definition) is 1. The van der Waals surface area contributed by atoms with Crippen LogP contribution in [0.25, 0.3) is 6.08 Å². The molecule has 1 amide bonds. The maximum absolute atomic E-state index is 12.5. The van der Waals surface area contributed by atoms with E-state index in [0.717, 1.165) is 39.9 Å². The van der Waals surface area contributed by atoms with Gasteiger partial charge in [-0.3, -0.25) is 14.8 Å². The van der Waals surface area contributed by atoms with E-state index in [9.17, 15) is 4.79 Å². The first-order chi connectivity index (χ1) is 14.2. The van der Waals surface area contributed by atoms with Crippen LogP contribution in [0.1, 0.15) is 34.9 Å². The molecule has 0 spiro atoms. The number of carbonyl (C=O) groups excluding carboxylic acids is 1. The van der Waals surface area contributed by atoms with Crippen molar-refractivity contribution in [3.05, 3.63) is 65.3 Å². The van der Waals surface area contributed by atoms with Crippen LogP contribution in [-0.4, -0.2) is 43.8 Å². The van der Waals surface area contributed by atoms with Crippen molar-refractivity contribution in [2.45, 2.75) is 25.7 Å². The molecule has 0 bridgehead atoms. The molecular weight excluding hydrogens is 384 g/mol. The molecule has 0 atom stereocenters. The molecular formula is C21H22N6OS. The van der Waals surface area contributed by atoms with Gasteiger partial charge in [-0.15, -0.1) is 11.3 Å². The smallest absolute Gasteiger partial charge is 0.246 e. The van der Waals surface area contributed by atoms with Crippen LogP contribution in [0.5, 0.6) is 0 Å². The van der Waals surface area contributed by atoms with Gasteiger partial charge in [0.05, 0.1) is 5.69 Å². The number of anilines is 2. The molecule has 0 unspecified atom stereocenters. The van der Waals surface area contributed by atoms with Crippen LogP contribution in [0.3, 0.4) is 0 Å². The van der Waals surface area contributed by atoms with Crippen LogP contribution in [-0.2, 0) is 4.79 Å². The zero-order valence-electron chi connectivity index (χ0n) is 16.2. The first-order valence-corrected chi connectivity index (χ1v) is 10.4. The summed E-state index contributed by atoms with van der Waals surface area (Å²) in [6.07, 6.45) is 13.9. The molecule has 3 aromatic rings. The van der Waals surface area contributed by atoms with Gasteiger partial charge >= 0.3 is 0 Å². The van der Waals surface area contributed by atoms with Gasteiger partial charge in [0.15, 0.2) is 10.9 Å². The highest BCUT2D eigenvalue weighted by atomic mass is 32.1. The molecule has 29 heavy (non-hydrogen) atoms. The number of nitrogens with one attached hydrogen (secondary N) is 1. The number of thiazole rings is 1. The summed E-state index contributed by atoms with van der Waals surface area (Å²) in [6.45, 7) is 3.43. The molecule has 0 radical (unpaired) electrons. The van der Waals surface area contributed by atoms with Crippen molar-refractivity contribution in [3.8, 4) is 0 Å². The number of hydrogen-bond acceptors (Lipinski definition) is 7. The fourth-order valence-corrected chi connectivity index (χ4v) is 4.04. The van der Waals surface area contributed by atoms with E-state index < -0.39 is 0 Å². The predicted octanol–water partition coefficient (Wildman–Crippen LogP) is 3.80. The second-order valence-electron chi connectivity index (χ2n) is 6.91. The van der Waals surface area contributed by atoms with Gasteiger partial charge in [0.2, 0.25) is 5.91 Å². The summed E-state index contributed by atoms with van der Waals surface area (Å²) in [5.41, 5.74) is 1.86. The van der Waals surface area contributed by atoms with E-state index in [1.807, 2.05) is 36.2 Å². The van der Waals surface area contributed by atoms with Crippen molar-refractivity contribution in [1.82, 2.24) is 24.8 Å². The van der Waals surface area contributed by atoms with Crippen molar-refractivity contribution in [2.75, 3.05) is 18.4 Å². The molecule has 3 aromatic heterocycles. The summed E-state index contributed by atoms with van der Waals surface area (Å²) in [5, 5.41) is 4.12. The van der Waals surface area contributed by atoms with Gasteiger partial charge in [-0.2, -0.15) is 0 Å². The van der Waals surface area contributed by atoms with E-state index in [4.69, 9.17) is 0 Å². The van der Waals surface area contributed by atoms with Gasteiger partial charge in [-0.1, -0.05) is 6.07 Å². The van der Waals surface area contributed by atoms with Crippen LogP contribution < -0.4 is 5.32 Å². The molecule has 148 valence electrons. The Balaban J connectivity index is 1.38. The average Bonchev–Trinajstić information content (AvgIpc) is 3.18. The van der Waals surface area contributed by atoms with Crippen LogP contribution in [0, 0.1) is 6.92 Å². The number of rotatable bonds is 5. The number of pyridine rings is 1. The summed E-state index contributed by atoms with van der Waals surface area (Å²) in [6, 6.07) is 3.78. The monoisotopic (exact) mass is 406 g/mol. The molecule has 1 aliphatic heterocycles. The van der Waals surface area contributed by atoms with Gasteiger partial charge < -0.3 is 10.2 Å². The number of amides is 1. The number of carbonyl (C=O) groups is 1. The summed E-state index contributed by atoms with van der Waals surface area (Å²) in [5.74, 6) is 1.05. The third kappa shape index (κ3) is 4.83. The van der Waals surface area contributed by atoms with E-state index in [2.05, 4.69) is 25.3 Å². The Morgan fingerprint density at radius 3 is 2.72 bits per heavy atom. The predicted molar refractivity (Wildman–Crippen MR) is 114 cm³/mol. The standard InChI is InChI=1S/C21H22N6OS/c1-15-13-25-21(29-15)26-20-19(23-9-10-24-20)17-6-11-27(12-7-17)18(28)5-4-16-3-2-8-22-14-16/h2-5,8-10,13-14,17H,6-7,11-12H2,1H3,(H,24,25,26)/b5-4+. The summed E-state index contributed by atoms with van der Waals surface area (Å²) in [4.78, 5) is 33.0. The minimum Gasteiger partial charge on any atom is -0.339 e. The summed E-state index contributed by atoms with van der Waals surface area (Å²) >= 11 is 1.59. The minimum absolute atomic E-state index is 0.0306. The van der Waals surface area contributed by atoms with Crippen molar-refractivity contribution < 1.29 is 4.79 Å². The van der Waals surface area contributed by atoms with Gasteiger partial charge in [-0.25, -0.2) is 9.97 Å². The lowest BCUT2D eigenvalue weighted by Crippen LogP contribution is -2.37. The highest BCUT2D eigenvalue weighted by molar-refractivity contribution is 7.15. The second-order valence-corrected chi connectivity index (χ2v) is 8.15. The molecule has 4 heterocycles. The Kier molecular flexibility index (Phi) is 5.90. The van der Waals surface area contributed by atoms with E-state index in [-0.39, 0.29) is 11.8 Å². The Bertz CT molecular complexity index is 995. The SMILES string of the molecule is Cc1cnc(Nc2nccnc2C2CCN(C(=O)/C=C/c3cccnc3)CC2)s1. The normalized spacial score (nSPS) is 15.0. The fraction of sp³-hybridized carbons (Fsp3) is 0.286. The van der Waals surface area contributed by atoms with E-state index in [1.165, 1.54) is 0 Å². The second kappa shape index (κ2) is 8.91. The maximum Gasteiger partial charge on any atom is 0.246 e. The van der Waals surface area contributed by atoms with Crippen LogP contribution in [0.2, 0.25) is 0 Å². The Morgan fingerprint density at radius 2 is 2.00 bits per heavy atom. The molecule has 7 nitrogen and oxygen atoms in total.